The molecule has 0 spiro atoms. The highest BCUT2D eigenvalue weighted by molar-refractivity contribution is 5.88. The lowest BCUT2D eigenvalue weighted by atomic mass is 10.4. The smallest absolute Gasteiger partial charge is 0.359 e. The van der Waals surface area contributed by atoms with Gasteiger partial charge in [-0.1, -0.05) is 0 Å². The van der Waals surface area contributed by atoms with Gasteiger partial charge in [-0.15, -0.1) is 0 Å². The zero-order chi connectivity index (χ0) is 7.40. The molecule has 5 nitrogen and oxygen atoms in total. The van der Waals surface area contributed by atoms with E-state index in [0.29, 0.717) is 0 Å². The van der Waals surface area contributed by atoms with Crippen molar-refractivity contribution in [1.82, 2.24) is 9.97 Å². The van der Waals surface area contributed by atoms with Gasteiger partial charge in [0, 0.05) is 12.4 Å². The molecule has 0 unspecified atom stereocenters. The molecule has 10 heavy (non-hydrogen) atoms. The van der Waals surface area contributed by atoms with Crippen LogP contribution in [-0.4, -0.2) is 15.9 Å². The summed E-state index contributed by atoms with van der Waals surface area (Å²) in [5, 5.41) is 0. The number of rotatable bonds is 1. The van der Waals surface area contributed by atoms with Gasteiger partial charge in [-0.3, -0.25) is 0 Å². The molecule has 0 aliphatic carbocycles. The van der Waals surface area contributed by atoms with E-state index >= 15 is 0 Å². The van der Waals surface area contributed by atoms with Crippen molar-refractivity contribution in [2.75, 3.05) is 0 Å². The molecule has 0 aromatic carbocycles. The molecule has 2 N–H and O–H groups in total. The summed E-state index contributed by atoms with van der Waals surface area (Å²) in [6, 6.07) is 0. The Labute approximate surface area is 56.8 Å². The Morgan fingerprint density at radius 1 is 1.50 bits per heavy atom. The maximum absolute atomic E-state index is 10.6. The maximum atomic E-state index is 10.6. The average molecular weight is 139 g/mol. The second kappa shape index (κ2) is 2.88. The minimum absolute atomic E-state index is 0.241. The van der Waals surface area contributed by atoms with Gasteiger partial charge in [-0.25, -0.2) is 14.8 Å². The first-order valence-electron chi connectivity index (χ1n) is 2.50. The van der Waals surface area contributed by atoms with Crippen molar-refractivity contribution >= 4 is 5.97 Å². The molecule has 0 saturated carbocycles. The molecule has 0 bridgehead atoms. The van der Waals surface area contributed by atoms with Crippen LogP contribution in [0.15, 0.2) is 18.7 Å². The minimum atomic E-state index is -0.638. The number of nitrogens with two attached hydrogens (primary N) is 1. The lowest BCUT2D eigenvalue weighted by Crippen LogP contribution is -2.10. The number of aromatic nitrogens is 2. The lowest BCUT2D eigenvalue weighted by molar-refractivity contribution is 0.0502. The number of nitrogens with zero attached hydrogens (tertiary/aromatic N) is 2. The Kier molecular flexibility index (Phi) is 1.91. The molecular weight excluding hydrogens is 134 g/mol. The molecule has 0 aliphatic heterocycles. The summed E-state index contributed by atoms with van der Waals surface area (Å²) < 4.78 is 0. The van der Waals surface area contributed by atoms with Gasteiger partial charge in [-0.05, 0) is 0 Å². The van der Waals surface area contributed by atoms with Crippen molar-refractivity contribution in [1.29, 1.82) is 0 Å². The number of carbonyl (C=O) groups is 1. The van der Waals surface area contributed by atoms with Gasteiger partial charge >= 0.3 is 5.97 Å². The molecule has 1 aromatic heterocycles. The third kappa shape index (κ3) is 1.26. The van der Waals surface area contributed by atoms with Crippen molar-refractivity contribution in [2.45, 2.75) is 0 Å². The van der Waals surface area contributed by atoms with Crippen LogP contribution in [0.1, 0.15) is 10.4 Å². The van der Waals surface area contributed by atoms with Crippen molar-refractivity contribution in [3.8, 4) is 0 Å². The number of hydrogen-bond acceptors (Lipinski definition) is 5. The second-order valence-corrected chi connectivity index (χ2v) is 1.53. The summed E-state index contributed by atoms with van der Waals surface area (Å²) in [7, 11) is 0. The first-order valence-corrected chi connectivity index (χ1v) is 2.50. The van der Waals surface area contributed by atoms with Crippen LogP contribution in [-0.2, 0) is 4.84 Å². The number of carbonyl (C=O) groups excluding carboxylic acids is 1. The maximum Gasteiger partial charge on any atom is 0.359 e. The molecule has 52 valence electrons. The van der Waals surface area contributed by atoms with Crippen LogP contribution in [0.2, 0.25) is 0 Å². The van der Waals surface area contributed by atoms with E-state index in [1.807, 2.05) is 0 Å². The second-order valence-electron chi connectivity index (χ2n) is 1.53. The van der Waals surface area contributed by atoms with Gasteiger partial charge in [0.2, 0.25) is 0 Å². The van der Waals surface area contributed by atoms with Crippen LogP contribution in [0, 0.1) is 0 Å². The molecule has 1 heterocycles. The van der Waals surface area contributed by atoms with Gasteiger partial charge in [0.1, 0.15) is 6.33 Å². The Morgan fingerprint density at radius 2 is 2.10 bits per heavy atom. The van der Waals surface area contributed by atoms with Crippen LogP contribution in [0.25, 0.3) is 0 Å². The predicted molar refractivity (Wildman–Crippen MR) is 31.6 cm³/mol. The first-order chi connectivity index (χ1) is 4.84. The molecular formula is C5H5N3O2. The van der Waals surface area contributed by atoms with Gasteiger partial charge in [0.25, 0.3) is 0 Å². The van der Waals surface area contributed by atoms with Crippen molar-refractivity contribution in [3.05, 3.63) is 24.3 Å². The Hall–Kier alpha value is -1.49. The van der Waals surface area contributed by atoms with E-state index in [-0.39, 0.29) is 5.56 Å². The monoisotopic (exact) mass is 139 g/mol. The standard InChI is InChI=1S/C5H5N3O2/c6-10-5(9)4-1-7-3-8-2-4/h1-3H,6H2. The quantitative estimate of drug-likeness (QED) is 0.531. The topological polar surface area (TPSA) is 78.1 Å². The highest BCUT2D eigenvalue weighted by Gasteiger charge is 2.03. The highest BCUT2D eigenvalue weighted by atomic mass is 16.7. The summed E-state index contributed by atoms with van der Waals surface area (Å²) in [4.78, 5) is 21.7. The zero-order valence-corrected chi connectivity index (χ0v) is 5.02. The van der Waals surface area contributed by atoms with E-state index in [1.54, 1.807) is 0 Å². The minimum Gasteiger partial charge on any atom is -0.370 e. The van der Waals surface area contributed by atoms with E-state index in [4.69, 9.17) is 0 Å². The Bertz CT molecular complexity index is 224. The van der Waals surface area contributed by atoms with Crippen LogP contribution in [0.3, 0.4) is 0 Å². The first kappa shape index (κ1) is 6.63. The fourth-order valence-corrected chi connectivity index (χ4v) is 0.473. The van der Waals surface area contributed by atoms with Crippen molar-refractivity contribution in [3.63, 3.8) is 0 Å². The summed E-state index contributed by atoms with van der Waals surface area (Å²) in [5.41, 5.74) is 0.241. The van der Waals surface area contributed by atoms with Crippen LogP contribution >= 0.6 is 0 Å². The van der Waals surface area contributed by atoms with Gasteiger partial charge in [-0.2, -0.15) is 5.90 Å². The fourth-order valence-electron chi connectivity index (χ4n) is 0.473. The van der Waals surface area contributed by atoms with E-state index in [1.165, 1.54) is 18.7 Å². The van der Waals surface area contributed by atoms with E-state index in [0.717, 1.165) is 0 Å². The normalized spacial score (nSPS) is 8.90. The van der Waals surface area contributed by atoms with Crippen molar-refractivity contribution in [2.24, 2.45) is 5.90 Å². The van der Waals surface area contributed by atoms with Gasteiger partial charge < -0.3 is 4.84 Å². The molecule has 0 aliphatic rings. The van der Waals surface area contributed by atoms with Crippen LogP contribution in [0.5, 0.6) is 0 Å². The fraction of sp³-hybridized carbons (Fsp3) is 0. The molecule has 1 aromatic rings. The number of hydrogen-bond donors (Lipinski definition) is 1. The molecule has 0 amide bonds. The Balaban J connectivity index is 2.85. The molecule has 0 radical (unpaired) electrons. The van der Waals surface area contributed by atoms with E-state index in [2.05, 4.69) is 20.7 Å². The predicted octanol–water partition coefficient (Wildman–Crippen LogP) is -0.493. The summed E-state index contributed by atoms with van der Waals surface area (Å²) in [5.74, 6) is 3.96. The third-order valence-corrected chi connectivity index (χ3v) is 0.903. The summed E-state index contributed by atoms with van der Waals surface area (Å²) >= 11 is 0. The average Bonchev–Trinajstić information content (AvgIpc) is 2.05. The van der Waals surface area contributed by atoms with Crippen LogP contribution < -0.4 is 5.90 Å². The summed E-state index contributed by atoms with van der Waals surface area (Å²) in [6.07, 6.45) is 3.96. The largest absolute Gasteiger partial charge is 0.370 e. The molecule has 5 heteroatoms. The molecule has 0 fully saturated rings. The molecule has 0 atom stereocenters. The SMILES string of the molecule is NOC(=O)c1cncnc1. The summed E-state index contributed by atoms with van der Waals surface area (Å²) in [6.45, 7) is 0. The van der Waals surface area contributed by atoms with E-state index < -0.39 is 5.97 Å². The molecule has 0 saturated heterocycles. The highest BCUT2D eigenvalue weighted by Crippen LogP contribution is 1.92. The lowest BCUT2D eigenvalue weighted by Gasteiger charge is -1.93. The van der Waals surface area contributed by atoms with Gasteiger partial charge in [0.15, 0.2) is 0 Å². The molecule has 1 rings (SSSR count). The zero-order valence-electron chi connectivity index (χ0n) is 5.02. The van der Waals surface area contributed by atoms with Gasteiger partial charge in [0.05, 0.1) is 5.56 Å². The van der Waals surface area contributed by atoms with Crippen LogP contribution in [0.4, 0.5) is 0 Å². The Morgan fingerprint density at radius 3 is 2.60 bits per heavy atom. The van der Waals surface area contributed by atoms with Crippen molar-refractivity contribution < 1.29 is 9.63 Å². The third-order valence-electron chi connectivity index (χ3n) is 0.903. The van der Waals surface area contributed by atoms with E-state index in [9.17, 15) is 4.79 Å².